The fraction of sp³-hybridized carbons (Fsp3) is 0. The van der Waals surface area contributed by atoms with Crippen LogP contribution in [0, 0.1) is 0 Å². The maximum Gasteiger partial charge on any atom is 0.314 e. The number of carbonyl (C=O) groups is 2. The summed E-state index contributed by atoms with van der Waals surface area (Å²) in [5.74, 6) is -1.09. The third-order valence-electron chi connectivity index (χ3n) is 2.39. The van der Waals surface area contributed by atoms with Crippen molar-refractivity contribution in [3.63, 3.8) is 0 Å². The summed E-state index contributed by atoms with van der Waals surface area (Å²) in [6.45, 7) is 0. The molecule has 0 atom stereocenters. The molecule has 1 aromatic heterocycles. The van der Waals surface area contributed by atoms with Gasteiger partial charge in [0.2, 0.25) is 0 Å². The molecule has 0 N–H and O–H groups in total. The fourth-order valence-corrected chi connectivity index (χ4v) is 1.63. The predicted molar refractivity (Wildman–Crippen MR) is 55.3 cm³/mol. The van der Waals surface area contributed by atoms with Crippen molar-refractivity contribution in [2.45, 2.75) is 0 Å². The second kappa shape index (κ2) is 3.03. The highest BCUT2D eigenvalue weighted by molar-refractivity contribution is 6.11. The molecule has 2 heterocycles. The van der Waals surface area contributed by atoms with Gasteiger partial charge in [0, 0.05) is 5.39 Å². The van der Waals surface area contributed by atoms with Crippen molar-refractivity contribution < 1.29 is 9.59 Å². The van der Waals surface area contributed by atoms with Gasteiger partial charge >= 0.3 is 5.91 Å². The van der Waals surface area contributed by atoms with E-state index < -0.39 is 11.8 Å². The first-order chi connectivity index (χ1) is 7.75. The monoisotopic (exact) mass is 211 g/mol. The number of para-hydroxylation sites is 1. The maximum absolute atomic E-state index is 11.4. The zero-order chi connectivity index (χ0) is 11.1. The van der Waals surface area contributed by atoms with E-state index in [0.717, 1.165) is 5.39 Å². The second-order valence-electron chi connectivity index (χ2n) is 3.39. The van der Waals surface area contributed by atoms with E-state index >= 15 is 0 Å². The summed E-state index contributed by atoms with van der Waals surface area (Å²) in [6, 6.07) is 8.88. The van der Waals surface area contributed by atoms with Crippen molar-refractivity contribution in [2.24, 2.45) is 10.2 Å². The molecule has 5 heteroatoms. The minimum atomic E-state index is -0.569. The van der Waals surface area contributed by atoms with E-state index in [4.69, 9.17) is 0 Å². The van der Waals surface area contributed by atoms with Gasteiger partial charge in [-0.3, -0.25) is 9.59 Å². The Balaban J connectivity index is 2.40. The highest BCUT2D eigenvalue weighted by atomic mass is 16.2. The van der Waals surface area contributed by atoms with Crippen molar-refractivity contribution in [3.05, 3.63) is 41.6 Å². The minimum absolute atomic E-state index is 0.0821. The van der Waals surface area contributed by atoms with E-state index in [2.05, 4.69) is 15.2 Å². The van der Waals surface area contributed by atoms with E-state index in [1.165, 1.54) is 0 Å². The number of hydrogen-bond acceptors (Lipinski definition) is 3. The fourth-order valence-electron chi connectivity index (χ4n) is 1.63. The van der Waals surface area contributed by atoms with Crippen molar-refractivity contribution >= 4 is 22.7 Å². The highest BCUT2D eigenvalue weighted by Gasteiger charge is 2.23. The molecular weight excluding hydrogens is 206 g/mol. The van der Waals surface area contributed by atoms with Gasteiger partial charge in [-0.25, -0.2) is 4.98 Å². The molecule has 0 bridgehead atoms. The smallest absolute Gasteiger partial charge is 0.265 e. The van der Waals surface area contributed by atoms with Crippen LogP contribution < -0.4 is 0 Å². The maximum atomic E-state index is 11.4. The van der Waals surface area contributed by atoms with E-state index in [1.54, 1.807) is 12.1 Å². The minimum Gasteiger partial charge on any atom is -0.265 e. The number of benzene rings is 1. The Hall–Kier alpha value is -2.43. The summed E-state index contributed by atoms with van der Waals surface area (Å²) in [5.41, 5.74) is 0.969. The lowest BCUT2D eigenvalue weighted by atomic mass is 10.1. The lowest BCUT2D eigenvalue weighted by Gasteiger charge is -2.07. The lowest BCUT2D eigenvalue weighted by Crippen LogP contribution is -2.13. The summed E-state index contributed by atoms with van der Waals surface area (Å²) in [5, 5.41) is 7.29. The zero-order valence-electron chi connectivity index (χ0n) is 8.04. The molecule has 0 saturated heterocycles. The zero-order valence-corrected chi connectivity index (χ0v) is 8.04. The molecule has 76 valence electrons. The van der Waals surface area contributed by atoms with Gasteiger partial charge in [0.1, 0.15) is 5.69 Å². The van der Waals surface area contributed by atoms with Gasteiger partial charge in [-0.15, -0.1) is 10.2 Å². The third-order valence-corrected chi connectivity index (χ3v) is 2.39. The van der Waals surface area contributed by atoms with Crippen molar-refractivity contribution in [2.75, 3.05) is 0 Å². The van der Waals surface area contributed by atoms with Gasteiger partial charge in [0.05, 0.1) is 11.1 Å². The average Bonchev–Trinajstić information content (AvgIpc) is 2.32. The number of amides is 2. The van der Waals surface area contributed by atoms with Gasteiger partial charge in [-0.2, -0.15) is 0 Å². The molecule has 16 heavy (non-hydrogen) atoms. The standard InChI is InChI=1S/C11H5N3O2/c15-10-7-5-6-3-1-2-4-8(6)12-9(7)11(16)14-13-10/h1-5H. The number of carbonyl (C=O) groups excluding carboxylic acids is 2. The molecular formula is C11H5N3O2. The summed E-state index contributed by atoms with van der Waals surface area (Å²) < 4.78 is 0. The van der Waals surface area contributed by atoms with E-state index in [0.29, 0.717) is 5.52 Å². The number of hydrogen-bond donors (Lipinski definition) is 0. The summed E-state index contributed by atoms with van der Waals surface area (Å²) in [7, 11) is 0. The Kier molecular flexibility index (Phi) is 1.67. The molecule has 3 rings (SSSR count). The SMILES string of the molecule is O=C1N=NC(=O)c2nc3ccccc3cc21. The van der Waals surface area contributed by atoms with Crippen LogP contribution in [0.4, 0.5) is 0 Å². The largest absolute Gasteiger partial charge is 0.314 e. The second-order valence-corrected chi connectivity index (χ2v) is 3.39. The number of aromatic nitrogens is 1. The first kappa shape index (κ1) is 8.84. The van der Waals surface area contributed by atoms with Crippen molar-refractivity contribution in [3.8, 4) is 0 Å². The molecule has 0 spiro atoms. The summed E-state index contributed by atoms with van der Waals surface area (Å²) in [4.78, 5) is 26.9. The van der Waals surface area contributed by atoms with Gasteiger partial charge in [-0.05, 0) is 12.1 Å². The first-order valence-electron chi connectivity index (χ1n) is 4.66. The van der Waals surface area contributed by atoms with E-state index in [9.17, 15) is 9.59 Å². The molecule has 5 nitrogen and oxygen atoms in total. The predicted octanol–water partition coefficient (Wildman–Crippen LogP) is 1.98. The molecule has 1 aromatic carbocycles. The van der Waals surface area contributed by atoms with Gasteiger partial charge < -0.3 is 0 Å². The summed E-state index contributed by atoms with van der Waals surface area (Å²) >= 11 is 0. The van der Waals surface area contributed by atoms with E-state index in [1.807, 2.05) is 18.2 Å². The Morgan fingerprint density at radius 1 is 0.938 bits per heavy atom. The first-order valence-corrected chi connectivity index (χ1v) is 4.66. The van der Waals surface area contributed by atoms with Crippen LogP contribution in [0.1, 0.15) is 20.8 Å². The number of fused-ring (bicyclic) bond motifs is 2. The Morgan fingerprint density at radius 2 is 1.69 bits per heavy atom. The summed E-state index contributed by atoms with van der Waals surface area (Å²) in [6.07, 6.45) is 0. The molecule has 0 unspecified atom stereocenters. The van der Waals surface area contributed by atoms with Gasteiger partial charge in [-0.1, -0.05) is 18.2 Å². The molecule has 1 aliphatic heterocycles. The molecule has 0 fully saturated rings. The van der Waals surface area contributed by atoms with Crippen molar-refractivity contribution in [1.82, 2.24) is 4.98 Å². The molecule has 0 saturated carbocycles. The molecule has 1 aliphatic rings. The van der Waals surface area contributed by atoms with E-state index in [-0.39, 0.29) is 11.3 Å². The Bertz CT molecular complexity index is 605. The number of azo groups is 1. The number of rotatable bonds is 0. The van der Waals surface area contributed by atoms with Crippen LogP contribution in [0.15, 0.2) is 40.6 Å². The topological polar surface area (TPSA) is 71.8 Å². The average molecular weight is 211 g/mol. The van der Waals surface area contributed by atoms with Gasteiger partial charge in [0.15, 0.2) is 0 Å². The normalized spacial score (nSPS) is 14.2. The van der Waals surface area contributed by atoms with Crippen LogP contribution in [-0.4, -0.2) is 16.8 Å². The quantitative estimate of drug-likeness (QED) is 0.668. The van der Waals surface area contributed by atoms with Crippen LogP contribution in [-0.2, 0) is 0 Å². The van der Waals surface area contributed by atoms with Crippen LogP contribution in [0.25, 0.3) is 10.9 Å². The van der Waals surface area contributed by atoms with Gasteiger partial charge in [0.25, 0.3) is 5.91 Å². The van der Waals surface area contributed by atoms with Crippen LogP contribution in [0.5, 0.6) is 0 Å². The van der Waals surface area contributed by atoms with Crippen LogP contribution in [0.3, 0.4) is 0 Å². The van der Waals surface area contributed by atoms with Crippen LogP contribution in [0.2, 0.25) is 0 Å². The third kappa shape index (κ3) is 1.15. The molecule has 0 radical (unpaired) electrons. The van der Waals surface area contributed by atoms with Crippen LogP contribution >= 0.6 is 0 Å². The Labute approximate surface area is 89.8 Å². The lowest BCUT2D eigenvalue weighted by molar-refractivity contribution is 0.0917. The number of nitrogens with zero attached hydrogens (tertiary/aromatic N) is 3. The number of pyridine rings is 1. The Morgan fingerprint density at radius 3 is 2.56 bits per heavy atom. The highest BCUT2D eigenvalue weighted by Crippen LogP contribution is 2.20. The molecule has 0 aliphatic carbocycles. The molecule has 2 amide bonds. The van der Waals surface area contributed by atoms with Crippen molar-refractivity contribution in [1.29, 1.82) is 0 Å². The molecule has 2 aromatic rings.